The van der Waals surface area contributed by atoms with Crippen molar-refractivity contribution in [2.45, 2.75) is 52.9 Å². The number of piperidine rings is 1. The number of likely N-dealkylation sites (N-methyl/N-ethyl adjacent to an activating group) is 1. The minimum Gasteiger partial charge on any atom is -0.317 e. The van der Waals surface area contributed by atoms with Crippen LogP contribution in [-0.4, -0.2) is 48.9 Å². The summed E-state index contributed by atoms with van der Waals surface area (Å²) in [5.41, 5.74) is 2.98. The molecule has 0 radical (unpaired) electrons. The largest absolute Gasteiger partial charge is 0.317 e. The molecule has 1 saturated heterocycles. The van der Waals surface area contributed by atoms with Crippen molar-refractivity contribution in [3.63, 3.8) is 0 Å². The molecule has 0 aromatic heterocycles. The maximum Gasteiger partial charge on any atom is 0.218 e. The molecule has 2 aliphatic heterocycles. The van der Waals surface area contributed by atoms with Crippen LogP contribution in [0.4, 0.5) is 0 Å². The van der Waals surface area contributed by atoms with E-state index in [0.717, 1.165) is 54.8 Å². The molecule has 1 N–H and O–H groups in total. The molecule has 3 aromatic carbocycles. The summed E-state index contributed by atoms with van der Waals surface area (Å²) in [4.78, 5) is 0.977. The summed E-state index contributed by atoms with van der Waals surface area (Å²) in [5, 5.41) is 4.14. The maximum atomic E-state index is 13.8. The van der Waals surface area contributed by atoms with Crippen molar-refractivity contribution in [1.29, 1.82) is 0 Å². The summed E-state index contributed by atoms with van der Waals surface area (Å²) in [6.45, 7) is 2.20. The topological polar surface area (TPSA) is 66.5 Å². The van der Waals surface area contributed by atoms with Crippen LogP contribution < -0.4 is 5.32 Å². The van der Waals surface area contributed by atoms with Crippen LogP contribution in [0.1, 0.15) is 48.3 Å². The Bertz CT molecular complexity index is 1370. The van der Waals surface area contributed by atoms with Gasteiger partial charge in [-0.2, -0.15) is 0 Å². The molecular weight excluding hydrogens is 536 g/mol. The van der Waals surface area contributed by atoms with Crippen molar-refractivity contribution < 1.29 is 12.6 Å². The first-order chi connectivity index (χ1) is 18.3. The third-order valence-corrected chi connectivity index (χ3v) is 12.3. The lowest BCUT2D eigenvalue weighted by molar-refractivity contribution is 0.285. The average Bonchev–Trinajstić information content (AvgIpc) is 3.14. The highest BCUT2D eigenvalue weighted by atomic mass is 35.5. The Balaban J connectivity index is 1.39. The molecule has 5 rings (SSSR count). The van der Waals surface area contributed by atoms with Crippen molar-refractivity contribution in [3.8, 4) is 0 Å². The Morgan fingerprint density at radius 2 is 1.66 bits per heavy atom. The number of fused-ring (bicyclic) bond motifs is 2. The highest BCUT2D eigenvalue weighted by Crippen LogP contribution is 2.50. The third-order valence-electron chi connectivity index (χ3n) is 8.27. The van der Waals surface area contributed by atoms with Crippen molar-refractivity contribution in [2.24, 2.45) is 0 Å². The van der Waals surface area contributed by atoms with Gasteiger partial charge in [0.15, 0.2) is 0 Å². The summed E-state index contributed by atoms with van der Waals surface area (Å²) >= 11 is 6.18. The van der Waals surface area contributed by atoms with Gasteiger partial charge in [0, 0.05) is 34.2 Å². The van der Waals surface area contributed by atoms with Gasteiger partial charge in [-0.05, 0) is 79.6 Å². The van der Waals surface area contributed by atoms with E-state index < -0.39 is 20.8 Å². The van der Waals surface area contributed by atoms with E-state index >= 15 is 0 Å². The summed E-state index contributed by atoms with van der Waals surface area (Å²) < 4.78 is 41.8. The van der Waals surface area contributed by atoms with Gasteiger partial charge < -0.3 is 5.32 Å². The molecule has 38 heavy (non-hydrogen) atoms. The first-order valence-electron chi connectivity index (χ1n) is 13.2. The predicted molar refractivity (Wildman–Crippen MR) is 156 cm³/mol. The van der Waals surface area contributed by atoms with E-state index in [1.165, 1.54) is 9.87 Å². The second kappa shape index (κ2) is 11.6. The van der Waals surface area contributed by atoms with Crippen molar-refractivity contribution in [3.05, 3.63) is 101 Å². The van der Waals surface area contributed by atoms with E-state index in [1.54, 1.807) is 7.05 Å². The summed E-state index contributed by atoms with van der Waals surface area (Å²) in [5.74, 6) is -0.0715. The van der Waals surface area contributed by atoms with Crippen molar-refractivity contribution in [2.75, 3.05) is 26.7 Å². The summed E-state index contributed by atoms with van der Waals surface area (Å²) in [6.07, 6.45) is 3.45. The Hall–Kier alpha value is -2.03. The first kappa shape index (κ1) is 27.5. The van der Waals surface area contributed by atoms with Gasteiger partial charge in [-0.3, -0.25) is 4.21 Å². The highest BCUT2D eigenvalue weighted by Gasteiger charge is 2.51. The van der Waals surface area contributed by atoms with Crippen LogP contribution in [0, 0.1) is 0 Å². The summed E-state index contributed by atoms with van der Waals surface area (Å²) in [7, 11) is -2.92. The van der Waals surface area contributed by atoms with E-state index in [9.17, 15) is 12.6 Å². The second-order valence-electron chi connectivity index (χ2n) is 10.5. The van der Waals surface area contributed by atoms with Crippen LogP contribution in [0.5, 0.6) is 0 Å². The zero-order chi connectivity index (χ0) is 26.8. The number of hydrogen-bond donors (Lipinski definition) is 1. The molecule has 2 aliphatic rings. The van der Waals surface area contributed by atoms with Crippen LogP contribution in [0.3, 0.4) is 0 Å². The molecule has 0 saturated carbocycles. The lowest BCUT2D eigenvalue weighted by Crippen LogP contribution is -2.46. The molecule has 1 spiro atoms. The maximum absolute atomic E-state index is 13.8. The van der Waals surface area contributed by atoms with E-state index in [2.05, 4.69) is 17.4 Å². The molecule has 5 nitrogen and oxygen atoms in total. The van der Waals surface area contributed by atoms with E-state index in [1.807, 2.05) is 66.7 Å². The van der Waals surface area contributed by atoms with Crippen molar-refractivity contribution in [1.82, 2.24) is 9.62 Å². The smallest absolute Gasteiger partial charge is 0.218 e. The fourth-order valence-electron chi connectivity index (χ4n) is 6.20. The number of nitrogens with zero attached hydrogens (tertiary/aromatic N) is 1. The Kier molecular flexibility index (Phi) is 8.41. The quantitative estimate of drug-likeness (QED) is 0.370. The van der Waals surface area contributed by atoms with Gasteiger partial charge in [-0.1, -0.05) is 72.3 Å². The number of halogens is 1. The van der Waals surface area contributed by atoms with Crippen LogP contribution in [0.15, 0.2) is 83.8 Å². The number of benzene rings is 3. The normalized spacial score (nSPS) is 21.4. The molecular formula is C30H35ClN2O3S2. The van der Waals surface area contributed by atoms with Gasteiger partial charge in [0.1, 0.15) is 0 Å². The SMILES string of the molecule is CN(C[C@@H](CCC1S(=O)c2ccccc2C12CCNCC2)c1ccc(Cl)cc1)S(=O)(=O)Cc1ccccc1. The number of hydrogen-bond acceptors (Lipinski definition) is 4. The molecule has 2 unspecified atom stereocenters. The minimum atomic E-state index is -3.50. The number of rotatable bonds is 9. The molecule has 0 aliphatic carbocycles. The van der Waals surface area contributed by atoms with Gasteiger partial charge in [0.25, 0.3) is 0 Å². The van der Waals surface area contributed by atoms with Crippen LogP contribution in [-0.2, 0) is 32.0 Å². The molecule has 202 valence electrons. The van der Waals surface area contributed by atoms with E-state index in [0.29, 0.717) is 11.6 Å². The van der Waals surface area contributed by atoms with Gasteiger partial charge in [0.05, 0.1) is 16.6 Å². The molecule has 8 heteroatoms. The molecule has 2 heterocycles. The fraction of sp³-hybridized carbons (Fsp3) is 0.400. The Morgan fingerprint density at radius 1 is 1.00 bits per heavy atom. The van der Waals surface area contributed by atoms with Gasteiger partial charge in [-0.15, -0.1) is 0 Å². The van der Waals surface area contributed by atoms with Gasteiger partial charge in [-0.25, -0.2) is 12.7 Å². The van der Waals surface area contributed by atoms with E-state index in [-0.39, 0.29) is 22.3 Å². The monoisotopic (exact) mass is 570 g/mol. The molecule has 0 bridgehead atoms. The Labute approximate surface area is 234 Å². The molecule has 3 atom stereocenters. The zero-order valence-electron chi connectivity index (χ0n) is 21.7. The predicted octanol–water partition coefficient (Wildman–Crippen LogP) is 5.48. The van der Waals surface area contributed by atoms with Crippen LogP contribution in [0.25, 0.3) is 0 Å². The second-order valence-corrected chi connectivity index (χ2v) is 14.7. The minimum absolute atomic E-state index is 0.0167. The average molecular weight is 571 g/mol. The number of sulfonamides is 1. The lowest BCUT2D eigenvalue weighted by Gasteiger charge is -2.39. The molecule has 1 fully saturated rings. The van der Waals surface area contributed by atoms with Crippen molar-refractivity contribution >= 4 is 32.4 Å². The zero-order valence-corrected chi connectivity index (χ0v) is 24.1. The standard InChI is InChI=1S/C30H35ClN2O3S2/c1-33(38(35,36)22-23-7-3-2-4-8-23)21-25(24-11-14-26(31)15-12-24)13-16-29-30(17-19-32-20-18-30)27-9-5-6-10-28(27)37(29)34/h2-12,14-15,25,29,32H,13,16-22H2,1H3/t25-,29?,37?/m1/s1. The summed E-state index contributed by atoms with van der Waals surface area (Å²) in [6, 6.07) is 25.2. The van der Waals surface area contributed by atoms with Crippen LogP contribution >= 0.6 is 11.6 Å². The fourth-order valence-corrected chi connectivity index (χ4v) is 9.70. The lowest BCUT2D eigenvalue weighted by atomic mass is 9.69. The number of nitrogens with one attached hydrogen (secondary N) is 1. The van der Waals surface area contributed by atoms with Crippen LogP contribution in [0.2, 0.25) is 5.02 Å². The first-order valence-corrected chi connectivity index (χ1v) is 16.4. The Morgan fingerprint density at radius 3 is 2.37 bits per heavy atom. The molecule has 3 aromatic rings. The van der Waals surface area contributed by atoms with E-state index in [4.69, 9.17) is 11.6 Å². The third kappa shape index (κ3) is 5.63. The van der Waals surface area contributed by atoms with Gasteiger partial charge in [0.2, 0.25) is 10.0 Å². The molecule has 0 amide bonds. The van der Waals surface area contributed by atoms with Gasteiger partial charge >= 0.3 is 0 Å². The highest BCUT2D eigenvalue weighted by molar-refractivity contribution is 7.88.